The summed E-state index contributed by atoms with van der Waals surface area (Å²) in [6, 6.07) is 7.74. The fourth-order valence-electron chi connectivity index (χ4n) is 3.44. The summed E-state index contributed by atoms with van der Waals surface area (Å²) in [4.78, 5) is 0. The van der Waals surface area contributed by atoms with Crippen molar-refractivity contribution in [2.75, 3.05) is 13.2 Å². The van der Waals surface area contributed by atoms with E-state index in [1.165, 1.54) is 0 Å². The van der Waals surface area contributed by atoms with E-state index in [1.807, 2.05) is 38.1 Å². The number of benzene rings is 2. The van der Waals surface area contributed by atoms with Crippen molar-refractivity contribution in [2.45, 2.75) is 70.9 Å². The quantitative estimate of drug-likeness (QED) is 0.274. The second-order valence-corrected chi connectivity index (χ2v) is 10.7. The van der Waals surface area contributed by atoms with E-state index in [1.54, 1.807) is 0 Å². The molecule has 0 saturated carbocycles. The molecule has 8 heteroatoms. The summed E-state index contributed by atoms with van der Waals surface area (Å²) >= 11 is 26.1. The van der Waals surface area contributed by atoms with Gasteiger partial charge in [0.1, 0.15) is 0 Å². The van der Waals surface area contributed by atoms with E-state index in [9.17, 15) is 0 Å². The van der Waals surface area contributed by atoms with Crippen LogP contribution in [0.3, 0.4) is 0 Å². The molecule has 0 aliphatic rings. The highest BCUT2D eigenvalue weighted by molar-refractivity contribution is 6.38. The first-order chi connectivity index (χ1) is 15.4. The first-order valence-electron chi connectivity index (χ1n) is 11.2. The molecule has 33 heavy (non-hydrogen) atoms. The van der Waals surface area contributed by atoms with Crippen LogP contribution in [0.15, 0.2) is 24.3 Å². The van der Waals surface area contributed by atoms with Crippen molar-refractivity contribution >= 4 is 46.4 Å². The third-order valence-corrected chi connectivity index (χ3v) is 6.66. The topological polar surface area (TPSA) is 70.5 Å². The van der Waals surface area contributed by atoms with Gasteiger partial charge in [-0.1, -0.05) is 60.3 Å². The fraction of sp³-hybridized carbons (Fsp3) is 0.520. The number of hydrogen-bond acceptors (Lipinski definition) is 4. The van der Waals surface area contributed by atoms with Gasteiger partial charge in [0, 0.05) is 17.5 Å². The molecule has 0 radical (unpaired) electrons. The van der Waals surface area contributed by atoms with Crippen LogP contribution in [0.5, 0.6) is 11.5 Å². The number of ether oxygens (including phenoxy) is 2. The molecule has 2 unspecified atom stereocenters. The van der Waals surface area contributed by atoms with Crippen LogP contribution in [-0.4, -0.2) is 25.3 Å². The summed E-state index contributed by atoms with van der Waals surface area (Å²) in [5.41, 5.74) is 12.9. The largest absolute Gasteiger partial charge is 0.490 e. The Labute approximate surface area is 217 Å². The van der Waals surface area contributed by atoms with Crippen LogP contribution >= 0.6 is 46.4 Å². The predicted molar refractivity (Wildman–Crippen MR) is 142 cm³/mol. The van der Waals surface area contributed by atoms with Gasteiger partial charge in [-0.25, -0.2) is 0 Å². The van der Waals surface area contributed by atoms with Gasteiger partial charge in [-0.15, -0.1) is 0 Å². The second-order valence-electron chi connectivity index (χ2n) is 9.10. The van der Waals surface area contributed by atoms with Gasteiger partial charge in [-0.3, -0.25) is 0 Å². The molecule has 184 valence electrons. The summed E-state index contributed by atoms with van der Waals surface area (Å²) < 4.78 is 11.6. The van der Waals surface area contributed by atoms with Crippen LogP contribution in [-0.2, 0) is 5.41 Å². The Balaban J connectivity index is 2.21. The van der Waals surface area contributed by atoms with Crippen molar-refractivity contribution in [1.29, 1.82) is 0 Å². The SMILES string of the molecule is CC(N)CCCOc1c(Cl)cc(C(C)(C)c2cc(Cl)c(OCCCC(C)N)c(Cl)c2)cc1Cl. The molecule has 0 amide bonds. The van der Waals surface area contributed by atoms with Gasteiger partial charge < -0.3 is 20.9 Å². The molecule has 0 aliphatic heterocycles. The first-order valence-corrected chi connectivity index (χ1v) is 12.7. The van der Waals surface area contributed by atoms with Crippen LogP contribution in [0.4, 0.5) is 0 Å². The molecule has 2 aromatic rings. The minimum atomic E-state index is -0.471. The van der Waals surface area contributed by atoms with Crippen molar-refractivity contribution in [3.8, 4) is 11.5 Å². The van der Waals surface area contributed by atoms with Crippen molar-refractivity contribution in [1.82, 2.24) is 0 Å². The zero-order chi connectivity index (χ0) is 24.8. The van der Waals surface area contributed by atoms with E-state index >= 15 is 0 Å². The maximum absolute atomic E-state index is 6.54. The lowest BCUT2D eigenvalue weighted by Crippen LogP contribution is -2.19. The van der Waals surface area contributed by atoms with Gasteiger partial charge in [-0.2, -0.15) is 0 Å². The molecule has 4 nitrogen and oxygen atoms in total. The third kappa shape index (κ3) is 8.09. The Bertz CT molecular complexity index is 813. The molecular formula is C25H34Cl4N2O2. The van der Waals surface area contributed by atoms with Crippen molar-refractivity contribution in [2.24, 2.45) is 11.5 Å². The highest BCUT2D eigenvalue weighted by Crippen LogP contribution is 2.43. The molecule has 0 bridgehead atoms. The van der Waals surface area contributed by atoms with Crippen LogP contribution in [0.25, 0.3) is 0 Å². The molecule has 0 aliphatic carbocycles. The number of halogens is 4. The lowest BCUT2D eigenvalue weighted by Gasteiger charge is -2.28. The van der Waals surface area contributed by atoms with E-state index in [0.29, 0.717) is 44.8 Å². The van der Waals surface area contributed by atoms with Gasteiger partial charge in [0.25, 0.3) is 0 Å². The summed E-state index contributed by atoms with van der Waals surface area (Å²) in [5, 5.41) is 1.82. The van der Waals surface area contributed by atoms with Crippen LogP contribution < -0.4 is 20.9 Å². The summed E-state index contributed by atoms with van der Waals surface area (Å²) in [7, 11) is 0. The Morgan fingerprint density at radius 1 is 0.697 bits per heavy atom. The van der Waals surface area contributed by atoms with Crippen LogP contribution in [0, 0.1) is 0 Å². The van der Waals surface area contributed by atoms with Crippen molar-refractivity contribution in [3.05, 3.63) is 55.5 Å². The van der Waals surface area contributed by atoms with Crippen molar-refractivity contribution < 1.29 is 9.47 Å². The molecule has 0 spiro atoms. The van der Waals surface area contributed by atoms with E-state index in [-0.39, 0.29) is 12.1 Å². The van der Waals surface area contributed by atoms with Crippen LogP contribution in [0.2, 0.25) is 20.1 Å². The molecule has 0 aromatic heterocycles. The van der Waals surface area contributed by atoms with Gasteiger partial charge in [0.05, 0.1) is 33.3 Å². The minimum absolute atomic E-state index is 0.132. The molecule has 0 saturated heterocycles. The van der Waals surface area contributed by atoms with Crippen LogP contribution in [0.1, 0.15) is 64.5 Å². The summed E-state index contributed by atoms with van der Waals surface area (Å²) in [6.07, 6.45) is 3.39. The van der Waals surface area contributed by atoms with Gasteiger partial charge in [0.15, 0.2) is 11.5 Å². The fourth-order valence-corrected chi connectivity index (χ4v) is 4.64. The Morgan fingerprint density at radius 3 is 1.27 bits per heavy atom. The average Bonchev–Trinajstić information content (AvgIpc) is 2.70. The highest BCUT2D eigenvalue weighted by atomic mass is 35.5. The zero-order valence-electron chi connectivity index (χ0n) is 19.7. The molecule has 0 fully saturated rings. The minimum Gasteiger partial charge on any atom is -0.490 e. The van der Waals surface area contributed by atoms with E-state index in [0.717, 1.165) is 36.8 Å². The highest BCUT2D eigenvalue weighted by Gasteiger charge is 2.27. The van der Waals surface area contributed by atoms with Crippen molar-refractivity contribution in [3.63, 3.8) is 0 Å². The normalized spacial score (nSPS) is 13.6. The van der Waals surface area contributed by atoms with Gasteiger partial charge in [-0.05, 0) is 74.9 Å². The number of rotatable bonds is 12. The lowest BCUT2D eigenvalue weighted by molar-refractivity contribution is 0.303. The number of hydrogen-bond donors (Lipinski definition) is 2. The monoisotopic (exact) mass is 534 g/mol. The summed E-state index contributed by atoms with van der Waals surface area (Å²) in [6.45, 7) is 9.06. The Kier molecular flexibility index (Phi) is 10.9. The van der Waals surface area contributed by atoms with E-state index in [4.69, 9.17) is 67.3 Å². The maximum Gasteiger partial charge on any atom is 0.156 e. The zero-order valence-corrected chi connectivity index (χ0v) is 22.7. The molecule has 2 aromatic carbocycles. The standard InChI is InChI=1S/C25H34Cl4N2O2/c1-15(30)7-5-9-32-23-19(26)11-17(12-20(23)27)25(3,4)18-13-21(28)24(22(29)14-18)33-10-6-8-16(2)31/h11-16H,5-10,30-31H2,1-4H3. The lowest BCUT2D eigenvalue weighted by atomic mass is 9.78. The first kappa shape index (κ1) is 28.4. The maximum atomic E-state index is 6.54. The molecule has 0 heterocycles. The molecule has 4 N–H and O–H groups in total. The van der Waals surface area contributed by atoms with Gasteiger partial charge in [0.2, 0.25) is 0 Å². The molecule has 2 atom stereocenters. The average molecular weight is 536 g/mol. The predicted octanol–water partition coefficient (Wildman–Crippen LogP) is 7.64. The Morgan fingerprint density at radius 2 is 1.00 bits per heavy atom. The summed E-state index contributed by atoms with van der Waals surface area (Å²) in [5.74, 6) is 0.961. The molecular weight excluding hydrogens is 502 g/mol. The van der Waals surface area contributed by atoms with E-state index < -0.39 is 5.41 Å². The third-order valence-electron chi connectivity index (χ3n) is 5.54. The second kappa shape index (κ2) is 12.7. The van der Waals surface area contributed by atoms with Gasteiger partial charge >= 0.3 is 0 Å². The molecule has 2 rings (SSSR count). The Hall–Kier alpha value is -0.880. The smallest absolute Gasteiger partial charge is 0.156 e. The van der Waals surface area contributed by atoms with E-state index in [2.05, 4.69) is 13.8 Å². The number of nitrogens with two attached hydrogens (primary N) is 2.